The van der Waals surface area contributed by atoms with Crippen molar-refractivity contribution in [1.82, 2.24) is 9.97 Å². The van der Waals surface area contributed by atoms with Crippen LogP contribution in [0.25, 0.3) is 0 Å². The van der Waals surface area contributed by atoms with E-state index in [0.29, 0.717) is 11.8 Å². The van der Waals surface area contributed by atoms with E-state index in [1.165, 1.54) is 12.8 Å². The van der Waals surface area contributed by atoms with Gasteiger partial charge in [-0.05, 0) is 19.3 Å². The van der Waals surface area contributed by atoms with Gasteiger partial charge in [0.05, 0.1) is 12.3 Å². The molecule has 19 heavy (non-hydrogen) atoms. The molecule has 0 radical (unpaired) electrons. The van der Waals surface area contributed by atoms with Crippen LogP contribution in [0.1, 0.15) is 50.5 Å². The number of aromatic nitrogens is 2. The van der Waals surface area contributed by atoms with Crippen LogP contribution in [-0.4, -0.2) is 29.7 Å². The SMILES string of the molecule is CCC(CC)CNc1cc([C@H]2CCOC2)nc(C)n1. The maximum absolute atomic E-state index is 5.44. The highest BCUT2D eigenvalue weighted by molar-refractivity contribution is 5.37. The Bertz CT molecular complexity index is 398. The van der Waals surface area contributed by atoms with Gasteiger partial charge in [-0.3, -0.25) is 0 Å². The summed E-state index contributed by atoms with van der Waals surface area (Å²) in [6.07, 6.45) is 3.48. The molecule has 1 aliphatic rings. The normalized spacial score (nSPS) is 19.1. The van der Waals surface area contributed by atoms with Gasteiger partial charge >= 0.3 is 0 Å². The smallest absolute Gasteiger partial charge is 0.129 e. The first kappa shape index (κ1) is 14.3. The summed E-state index contributed by atoms with van der Waals surface area (Å²) in [6.45, 7) is 9.07. The molecular weight excluding hydrogens is 238 g/mol. The lowest BCUT2D eigenvalue weighted by Gasteiger charge is -2.15. The van der Waals surface area contributed by atoms with Gasteiger partial charge in [0.15, 0.2) is 0 Å². The Hall–Kier alpha value is -1.16. The Morgan fingerprint density at radius 1 is 1.37 bits per heavy atom. The van der Waals surface area contributed by atoms with Crippen molar-refractivity contribution in [2.24, 2.45) is 5.92 Å². The highest BCUT2D eigenvalue weighted by atomic mass is 16.5. The van der Waals surface area contributed by atoms with Crippen molar-refractivity contribution in [3.8, 4) is 0 Å². The third kappa shape index (κ3) is 3.90. The Morgan fingerprint density at radius 2 is 2.16 bits per heavy atom. The summed E-state index contributed by atoms with van der Waals surface area (Å²) >= 11 is 0. The molecule has 0 unspecified atom stereocenters. The minimum atomic E-state index is 0.440. The van der Waals surface area contributed by atoms with Crippen molar-refractivity contribution < 1.29 is 4.74 Å². The Morgan fingerprint density at radius 3 is 2.79 bits per heavy atom. The highest BCUT2D eigenvalue weighted by Gasteiger charge is 2.20. The number of nitrogens with zero attached hydrogens (tertiary/aromatic N) is 2. The van der Waals surface area contributed by atoms with Crippen LogP contribution in [0, 0.1) is 12.8 Å². The van der Waals surface area contributed by atoms with Gasteiger partial charge in [0.25, 0.3) is 0 Å². The lowest BCUT2D eigenvalue weighted by molar-refractivity contribution is 0.193. The lowest BCUT2D eigenvalue weighted by Crippen LogP contribution is -2.15. The van der Waals surface area contributed by atoms with E-state index in [2.05, 4.69) is 35.2 Å². The molecule has 1 aromatic heterocycles. The molecule has 1 fully saturated rings. The monoisotopic (exact) mass is 263 g/mol. The third-order valence-electron chi connectivity index (χ3n) is 3.93. The van der Waals surface area contributed by atoms with Crippen molar-refractivity contribution in [1.29, 1.82) is 0 Å². The summed E-state index contributed by atoms with van der Waals surface area (Å²) in [4.78, 5) is 9.03. The van der Waals surface area contributed by atoms with E-state index in [9.17, 15) is 0 Å². The zero-order valence-electron chi connectivity index (χ0n) is 12.3. The molecule has 0 spiro atoms. The molecular formula is C15H25N3O. The number of hydrogen-bond acceptors (Lipinski definition) is 4. The zero-order valence-corrected chi connectivity index (χ0v) is 12.3. The molecule has 0 bridgehead atoms. The summed E-state index contributed by atoms with van der Waals surface area (Å²) in [5, 5.41) is 3.46. The first-order valence-corrected chi connectivity index (χ1v) is 7.40. The fourth-order valence-electron chi connectivity index (χ4n) is 2.48. The summed E-state index contributed by atoms with van der Waals surface area (Å²) < 4.78 is 5.44. The van der Waals surface area contributed by atoms with Crippen molar-refractivity contribution in [2.45, 2.75) is 46.0 Å². The second kappa shape index (κ2) is 6.85. The van der Waals surface area contributed by atoms with Crippen molar-refractivity contribution >= 4 is 5.82 Å². The quantitative estimate of drug-likeness (QED) is 0.856. The number of rotatable bonds is 6. The molecule has 1 N–H and O–H groups in total. The average molecular weight is 263 g/mol. The van der Waals surface area contributed by atoms with Crippen LogP contribution < -0.4 is 5.32 Å². The lowest BCUT2D eigenvalue weighted by atomic mass is 10.0. The van der Waals surface area contributed by atoms with Gasteiger partial charge in [-0.15, -0.1) is 0 Å². The average Bonchev–Trinajstić information content (AvgIpc) is 2.93. The molecule has 4 nitrogen and oxygen atoms in total. The Kier molecular flexibility index (Phi) is 5.14. The van der Waals surface area contributed by atoms with Crippen molar-refractivity contribution in [3.05, 3.63) is 17.6 Å². The molecule has 0 saturated carbocycles. The predicted molar refractivity (Wildman–Crippen MR) is 77.5 cm³/mol. The summed E-state index contributed by atoms with van der Waals surface area (Å²) in [5.41, 5.74) is 1.12. The van der Waals surface area contributed by atoms with Crippen LogP contribution in [0.3, 0.4) is 0 Å². The van der Waals surface area contributed by atoms with E-state index in [4.69, 9.17) is 4.74 Å². The number of anilines is 1. The fraction of sp³-hybridized carbons (Fsp3) is 0.733. The summed E-state index contributed by atoms with van der Waals surface area (Å²) in [7, 11) is 0. The van der Waals surface area contributed by atoms with Gasteiger partial charge in [-0.1, -0.05) is 26.7 Å². The first-order chi connectivity index (χ1) is 9.22. The van der Waals surface area contributed by atoms with E-state index < -0.39 is 0 Å². The fourth-order valence-corrected chi connectivity index (χ4v) is 2.48. The van der Waals surface area contributed by atoms with E-state index in [0.717, 1.165) is 43.5 Å². The molecule has 1 aliphatic heterocycles. The number of nitrogens with one attached hydrogen (secondary N) is 1. The zero-order chi connectivity index (χ0) is 13.7. The summed E-state index contributed by atoms with van der Waals surface area (Å²) in [5.74, 6) is 2.96. The third-order valence-corrected chi connectivity index (χ3v) is 3.93. The maximum atomic E-state index is 5.44. The van der Waals surface area contributed by atoms with Crippen molar-refractivity contribution in [3.63, 3.8) is 0 Å². The van der Waals surface area contributed by atoms with Gasteiger partial charge in [0.2, 0.25) is 0 Å². The molecule has 4 heteroatoms. The molecule has 1 atom stereocenters. The van der Waals surface area contributed by atoms with Gasteiger partial charge in [0.1, 0.15) is 11.6 Å². The van der Waals surface area contributed by atoms with Gasteiger partial charge in [0, 0.05) is 25.1 Å². The molecule has 2 heterocycles. The molecule has 0 aliphatic carbocycles. The predicted octanol–water partition coefficient (Wildman–Crippen LogP) is 3.14. The molecule has 0 aromatic carbocycles. The van der Waals surface area contributed by atoms with E-state index in [1.807, 2.05) is 6.92 Å². The van der Waals surface area contributed by atoms with E-state index >= 15 is 0 Å². The molecule has 106 valence electrons. The Balaban J connectivity index is 2.03. The highest BCUT2D eigenvalue weighted by Crippen LogP contribution is 2.25. The number of hydrogen-bond donors (Lipinski definition) is 1. The largest absolute Gasteiger partial charge is 0.381 e. The second-order valence-electron chi connectivity index (χ2n) is 5.35. The second-order valence-corrected chi connectivity index (χ2v) is 5.35. The van der Waals surface area contributed by atoms with Crippen molar-refractivity contribution in [2.75, 3.05) is 25.1 Å². The van der Waals surface area contributed by atoms with Crippen LogP contribution in [0.4, 0.5) is 5.82 Å². The van der Waals surface area contributed by atoms with Crippen LogP contribution >= 0.6 is 0 Å². The molecule has 1 saturated heterocycles. The van der Waals surface area contributed by atoms with Gasteiger partial charge in [-0.25, -0.2) is 9.97 Å². The standard InChI is InChI=1S/C15H25N3O/c1-4-12(5-2)9-16-15-8-14(17-11(3)18-15)13-6-7-19-10-13/h8,12-13H,4-7,9-10H2,1-3H3,(H,16,17,18)/t13-/m0/s1. The molecule has 0 amide bonds. The van der Waals surface area contributed by atoms with E-state index in [-0.39, 0.29) is 0 Å². The number of aryl methyl sites for hydroxylation is 1. The van der Waals surface area contributed by atoms with Crippen LogP contribution in [-0.2, 0) is 4.74 Å². The summed E-state index contributed by atoms with van der Waals surface area (Å²) in [6, 6.07) is 2.09. The van der Waals surface area contributed by atoms with Crippen LogP contribution in [0.15, 0.2) is 6.07 Å². The number of ether oxygens (including phenoxy) is 1. The molecule has 1 aromatic rings. The topological polar surface area (TPSA) is 47.0 Å². The molecule has 2 rings (SSSR count). The first-order valence-electron chi connectivity index (χ1n) is 7.40. The van der Waals surface area contributed by atoms with Gasteiger partial charge < -0.3 is 10.1 Å². The van der Waals surface area contributed by atoms with Crippen LogP contribution in [0.5, 0.6) is 0 Å². The van der Waals surface area contributed by atoms with Gasteiger partial charge in [-0.2, -0.15) is 0 Å². The van der Waals surface area contributed by atoms with Crippen LogP contribution in [0.2, 0.25) is 0 Å². The Labute approximate surface area is 116 Å². The maximum Gasteiger partial charge on any atom is 0.129 e. The minimum absolute atomic E-state index is 0.440. The van der Waals surface area contributed by atoms with E-state index in [1.54, 1.807) is 0 Å². The minimum Gasteiger partial charge on any atom is -0.381 e.